The third-order valence-electron chi connectivity index (χ3n) is 2.71. The van der Waals surface area contributed by atoms with Gasteiger partial charge in [0.2, 0.25) is 10.0 Å². The van der Waals surface area contributed by atoms with E-state index in [-0.39, 0.29) is 18.0 Å². The van der Waals surface area contributed by atoms with Gasteiger partial charge in [0.05, 0.1) is 11.5 Å². The number of sulfonamides is 1. The lowest BCUT2D eigenvalue weighted by Crippen LogP contribution is -2.28. The van der Waals surface area contributed by atoms with Gasteiger partial charge in [-0.05, 0) is 37.1 Å². The van der Waals surface area contributed by atoms with Crippen LogP contribution in [0.3, 0.4) is 0 Å². The van der Waals surface area contributed by atoms with E-state index in [9.17, 15) is 17.2 Å². The zero-order chi connectivity index (χ0) is 15.3. The maximum atomic E-state index is 12.1. The van der Waals surface area contributed by atoms with Crippen LogP contribution >= 0.6 is 0 Å². The fourth-order valence-corrected chi connectivity index (χ4v) is 2.99. The molecule has 20 heavy (non-hydrogen) atoms. The summed E-state index contributed by atoms with van der Waals surface area (Å²) in [6.07, 6.45) is -2.56. The number of anilines is 1. The topological polar surface area (TPSA) is 81.4 Å². The molecule has 0 aliphatic rings. The Morgan fingerprint density at radius 3 is 2.60 bits per heavy atom. The number of nitrogens with two attached hydrogens (primary N) is 1. The van der Waals surface area contributed by atoms with Crippen LogP contribution in [-0.2, 0) is 14.8 Å². The second kappa shape index (κ2) is 6.96. The van der Waals surface area contributed by atoms with Crippen molar-refractivity contribution in [3.05, 3.63) is 23.3 Å². The first-order valence-electron chi connectivity index (χ1n) is 5.96. The normalized spacial score (nSPS) is 12.1. The molecule has 114 valence electrons. The number of benzene rings is 1. The molecular formula is C12H18F2N2O3S. The second-order valence-corrected chi connectivity index (χ2v) is 6.06. The summed E-state index contributed by atoms with van der Waals surface area (Å²) in [6, 6.07) is 3.05. The van der Waals surface area contributed by atoms with Gasteiger partial charge in [-0.1, -0.05) is 0 Å². The molecule has 0 saturated carbocycles. The van der Waals surface area contributed by atoms with Crippen molar-refractivity contribution in [3.63, 3.8) is 0 Å². The molecule has 0 aliphatic carbocycles. The zero-order valence-corrected chi connectivity index (χ0v) is 12.1. The first-order valence-corrected chi connectivity index (χ1v) is 7.44. The highest BCUT2D eigenvalue weighted by Crippen LogP contribution is 2.21. The van der Waals surface area contributed by atoms with Gasteiger partial charge in [0, 0.05) is 12.2 Å². The second-order valence-electron chi connectivity index (χ2n) is 4.32. The maximum Gasteiger partial charge on any atom is 0.261 e. The zero-order valence-electron chi connectivity index (χ0n) is 11.3. The minimum atomic E-state index is -3.73. The van der Waals surface area contributed by atoms with Crippen LogP contribution in [0.4, 0.5) is 14.5 Å². The number of hydrogen-bond acceptors (Lipinski definition) is 4. The third-order valence-corrected chi connectivity index (χ3v) is 4.30. The van der Waals surface area contributed by atoms with E-state index in [1.807, 2.05) is 0 Å². The Labute approximate surface area is 117 Å². The van der Waals surface area contributed by atoms with Crippen LogP contribution in [0.2, 0.25) is 0 Å². The minimum Gasteiger partial charge on any atom is -0.399 e. The number of hydrogen-bond donors (Lipinski definition) is 2. The summed E-state index contributed by atoms with van der Waals surface area (Å²) < 4.78 is 54.7. The number of alkyl halides is 2. The van der Waals surface area contributed by atoms with Crippen LogP contribution in [0.1, 0.15) is 11.1 Å². The van der Waals surface area contributed by atoms with Crippen molar-refractivity contribution in [2.24, 2.45) is 0 Å². The van der Waals surface area contributed by atoms with Gasteiger partial charge in [0.15, 0.2) is 0 Å². The van der Waals surface area contributed by atoms with Crippen molar-refractivity contribution in [1.29, 1.82) is 0 Å². The lowest BCUT2D eigenvalue weighted by molar-refractivity contribution is 0.0199. The van der Waals surface area contributed by atoms with E-state index in [0.29, 0.717) is 11.3 Å². The predicted molar refractivity (Wildman–Crippen MR) is 72.3 cm³/mol. The molecular weight excluding hydrogens is 290 g/mol. The molecule has 5 nitrogen and oxygen atoms in total. The summed E-state index contributed by atoms with van der Waals surface area (Å²) in [5.41, 5.74) is 7.34. The molecule has 0 saturated heterocycles. The van der Waals surface area contributed by atoms with Crippen LogP contribution in [0.15, 0.2) is 17.0 Å². The SMILES string of the molecule is Cc1cc(N)cc(S(=O)(=O)NCCOCC(F)F)c1C. The predicted octanol–water partition coefficient (Wildman–Crippen LogP) is 1.45. The van der Waals surface area contributed by atoms with Gasteiger partial charge in [-0.25, -0.2) is 21.9 Å². The van der Waals surface area contributed by atoms with Crippen LogP contribution in [0, 0.1) is 13.8 Å². The summed E-state index contributed by atoms with van der Waals surface area (Å²) in [6.45, 7) is 2.53. The average Bonchev–Trinajstić information content (AvgIpc) is 2.32. The van der Waals surface area contributed by atoms with Gasteiger partial charge in [0.1, 0.15) is 6.61 Å². The Balaban J connectivity index is 2.70. The first kappa shape index (κ1) is 16.8. The Morgan fingerprint density at radius 2 is 2.00 bits per heavy atom. The van der Waals surface area contributed by atoms with Gasteiger partial charge >= 0.3 is 0 Å². The van der Waals surface area contributed by atoms with Crippen molar-refractivity contribution in [3.8, 4) is 0 Å². The maximum absolute atomic E-state index is 12.1. The average molecular weight is 308 g/mol. The summed E-state index contributed by atoms with van der Waals surface area (Å²) in [5.74, 6) is 0. The molecule has 0 spiro atoms. The highest BCUT2D eigenvalue weighted by atomic mass is 32.2. The molecule has 0 fully saturated rings. The van der Waals surface area contributed by atoms with Gasteiger partial charge < -0.3 is 10.5 Å². The van der Waals surface area contributed by atoms with Crippen molar-refractivity contribution in [1.82, 2.24) is 4.72 Å². The molecule has 8 heteroatoms. The van der Waals surface area contributed by atoms with E-state index >= 15 is 0 Å². The largest absolute Gasteiger partial charge is 0.399 e. The van der Waals surface area contributed by atoms with Crippen LogP contribution < -0.4 is 10.5 Å². The molecule has 0 bridgehead atoms. The molecule has 0 aromatic heterocycles. The van der Waals surface area contributed by atoms with Crippen molar-refractivity contribution in [2.45, 2.75) is 25.2 Å². The lowest BCUT2D eigenvalue weighted by atomic mass is 10.1. The summed E-state index contributed by atoms with van der Waals surface area (Å²) in [7, 11) is -3.73. The Bertz CT molecular complexity index is 562. The van der Waals surface area contributed by atoms with Crippen molar-refractivity contribution >= 4 is 15.7 Å². The number of nitrogens with one attached hydrogen (secondary N) is 1. The van der Waals surface area contributed by atoms with Gasteiger partial charge in [-0.3, -0.25) is 0 Å². The molecule has 3 N–H and O–H groups in total. The molecule has 1 aromatic rings. The molecule has 0 radical (unpaired) electrons. The van der Waals surface area contributed by atoms with E-state index in [2.05, 4.69) is 9.46 Å². The number of rotatable bonds is 7. The van der Waals surface area contributed by atoms with Gasteiger partial charge in [-0.2, -0.15) is 0 Å². The molecule has 0 unspecified atom stereocenters. The Kier molecular flexibility index (Phi) is 5.85. The van der Waals surface area contributed by atoms with E-state index in [1.54, 1.807) is 19.9 Å². The first-order chi connectivity index (χ1) is 9.24. The van der Waals surface area contributed by atoms with E-state index in [1.165, 1.54) is 6.07 Å². The number of aryl methyl sites for hydroxylation is 1. The Hall–Kier alpha value is -1.25. The smallest absolute Gasteiger partial charge is 0.261 e. The van der Waals surface area contributed by atoms with E-state index in [4.69, 9.17) is 5.73 Å². The highest BCUT2D eigenvalue weighted by molar-refractivity contribution is 7.89. The highest BCUT2D eigenvalue weighted by Gasteiger charge is 2.18. The monoisotopic (exact) mass is 308 g/mol. The summed E-state index contributed by atoms with van der Waals surface area (Å²) in [4.78, 5) is 0.0869. The molecule has 0 aliphatic heterocycles. The fraction of sp³-hybridized carbons (Fsp3) is 0.500. The number of halogens is 2. The van der Waals surface area contributed by atoms with Gasteiger partial charge in [0.25, 0.3) is 6.43 Å². The molecule has 1 rings (SSSR count). The Morgan fingerprint density at radius 1 is 1.35 bits per heavy atom. The quantitative estimate of drug-likeness (QED) is 0.590. The van der Waals surface area contributed by atoms with Crippen molar-refractivity contribution in [2.75, 3.05) is 25.5 Å². The molecule has 0 atom stereocenters. The van der Waals surface area contributed by atoms with Crippen molar-refractivity contribution < 1.29 is 21.9 Å². The summed E-state index contributed by atoms with van der Waals surface area (Å²) in [5, 5.41) is 0. The van der Waals surface area contributed by atoms with Crippen LogP contribution in [0.5, 0.6) is 0 Å². The van der Waals surface area contributed by atoms with E-state index in [0.717, 1.165) is 5.56 Å². The standard InChI is InChI=1S/C12H18F2N2O3S/c1-8-5-10(15)6-11(9(8)2)20(17,18)16-3-4-19-7-12(13)14/h5-6,12,16H,3-4,7,15H2,1-2H3. The number of nitrogen functional groups attached to an aromatic ring is 1. The minimum absolute atomic E-state index is 0.0810. The molecule has 0 amide bonds. The van der Waals surface area contributed by atoms with Gasteiger partial charge in [-0.15, -0.1) is 0 Å². The number of ether oxygens (including phenoxy) is 1. The fourth-order valence-electron chi connectivity index (χ4n) is 1.63. The molecule has 0 heterocycles. The molecule has 1 aromatic carbocycles. The third kappa shape index (κ3) is 4.69. The lowest BCUT2D eigenvalue weighted by Gasteiger charge is -2.12. The van der Waals surface area contributed by atoms with Crippen LogP contribution in [-0.4, -0.2) is 34.6 Å². The summed E-state index contributed by atoms with van der Waals surface area (Å²) >= 11 is 0. The van der Waals surface area contributed by atoms with E-state index < -0.39 is 23.1 Å². The van der Waals surface area contributed by atoms with Crippen LogP contribution in [0.25, 0.3) is 0 Å².